The number of anilines is 1. The molecule has 2 aromatic carbocycles. The van der Waals surface area contributed by atoms with E-state index in [2.05, 4.69) is 14.7 Å². The molecule has 0 saturated carbocycles. The third-order valence-electron chi connectivity index (χ3n) is 3.03. The van der Waals surface area contributed by atoms with E-state index in [4.69, 9.17) is 0 Å². The first-order valence-electron chi connectivity index (χ1n) is 6.32. The van der Waals surface area contributed by atoms with Crippen LogP contribution in [0.4, 0.5) is 10.5 Å². The van der Waals surface area contributed by atoms with Crippen LogP contribution < -0.4 is 5.32 Å². The normalized spacial score (nSPS) is 21.7. The predicted octanol–water partition coefficient (Wildman–Crippen LogP) is 3.14. The minimum absolute atomic E-state index is 0.214. The Balaban J connectivity index is 1.93. The molecule has 0 bridgehead atoms. The van der Waals surface area contributed by atoms with Gasteiger partial charge in [0.2, 0.25) is 0 Å². The minimum atomic E-state index is -2.51. The number of hydrogen-bond acceptors (Lipinski definition) is 2. The van der Waals surface area contributed by atoms with Gasteiger partial charge in [-0.05, 0) is 24.3 Å². The SMILES string of the molecule is CS1(=O)=N/C(=N\C(=O)Nc2ccccc2)c2ccccc21. The van der Waals surface area contributed by atoms with Gasteiger partial charge < -0.3 is 5.32 Å². The van der Waals surface area contributed by atoms with Gasteiger partial charge >= 0.3 is 6.03 Å². The van der Waals surface area contributed by atoms with Crippen molar-refractivity contribution >= 4 is 27.3 Å². The molecule has 0 radical (unpaired) electrons. The predicted molar refractivity (Wildman–Crippen MR) is 83.2 cm³/mol. The van der Waals surface area contributed by atoms with Crippen LogP contribution in [0, 0.1) is 0 Å². The largest absolute Gasteiger partial charge is 0.347 e. The van der Waals surface area contributed by atoms with Gasteiger partial charge in [0.15, 0.2) is 5.84 Å². The van der Waals surface area contributed by atoms with Gasteiger partial charge in [-0.1, -0.05) is 30.3 Å². The number of nitrogens with one attached hydrogen (secondary N) is 1. The molecule has 0 aromatic heterocycles. The van der Waals surface area contributed by atoms with Crippen molar-refractivity contribution in [3.63, 3.8) is 0 Å². The summed E-state index contributed by atoms with van der Waals surface area (Å²) in [4.78, 5) is 16.5. The first-order valence-corrected chi connectivity index (χ1v) is 8.25. The zero-order chi connectivity index (χ0) is 14.9. The molecule has 1 aliphatic rings. The molecule has 0 aliphatic carbocycles. The third kappa shape index (κ3) is 2.71. The molecule has 2 aromatic rings. The van der Waals surface area contributed by atoms with Crippen LogP contribution >= 0.6 is 0 Å². The van der Waals surface area contributed by atoms with E-state index in [9.17, 15) is 9.00 Å². The zero-order valence-corrected chi connectivity index (χ0v) is 12.1. The number of urea groups is 1. The van der Waals surface area contributed by atoms with Gasteiger partial charge in [-0.2, -0.15) is 9.36 Å². The van der Waals surface area contributed by atoms with Crippen molar-refractivity contribution in [2.24, 2.45) is 9.36 Å². The Morgan fingerprint density at radius 2 is 1.76 bits per heavy atom. The summed E-state index contributed by atoms with van der Waals surface area (Å²) in [6.07, 6.45) is 1.55. The fraction of sp³-hybridized carbons (Fsp3) is 0.0667. The summed E-state index contributed by atoms with van der Waals surface area (Å²) in [7, 11) is -2.51. The van der Waals surface area contributed by atoms with Crippen LogP contribution in [0.2, 0.25) is 0 Å². The number of aliphatic imine (C=N–C) groups is 1. The number of carbonyl (C=O) groups is 1. The molecular weight excluding hydrogens is 286 g/mol. The van der Waals surface area contributed by atoms with E-state index >= 15 is 0 Å². The number of nitrogens with zero attached hydrogens (tertiary/aromatic N) is 2. The van der Waals surface area contributed by atoms with Gasteiger partial charge in [-0.25, -0.2) is 9.00 Å². The Bertz CT molecular complexity index is 850. The van der Waals surface area contributed by atoms with E-state index in [-0.39, 0.29) is 5.84 Å². The van der Waals surface area contributed by atoms with Crippen molar-refractivity contribution in [1.29, 1.82) is 0 Å². The highest BCUT2D eigenvalue weighted by atomic mass is 32.2. The molecule has 106 valence electrons. The summed E-state index contributed by atoms with van der Waals surface area (Å²) in [5, 5.41) is 2.65. The zero-order valence-electron chi connectivity index (χ0n) is 11.3. The Morgan fingerprint density at radius 1 is 1.10 bits per heavy atom. The average molecular weight is 299 g/mol. The molecule has 6 heteroatoms. The van der Waals surface area contributed by atoms with E-state index in [1.54, 1.807) is 42.7 Å². The maximum absolute atomic E-state index is 12.4. The molecule has 0 saturated heterocycles. The van der Waals surface area contributed by atoms with Gasteiger partial charge in [0, 0.05) is 17.5 Å². The van der Waals surface area contributed by atoms with Crippen LogP contribution in [0.25, 0.3) is 0 Å². The second-order valence-electron chi connectivity index (χ2n) is 4.62. The van der Waals surface area contributed by atoms with Crippen molar-refractivity contribution in [3.05, 3.63) is 60.2 Å². The number of fused-ring (bicyclic) bond motifs is 1. The van der Waals surface area contributed by atoms with Gasteiger partial charge in [-0.3, -0.25) is 0 Å². The lowest BCUT2D eigenvalue weighted by Gasteiger charge is -2.01. The molecule has 21 heavy (non-hydrogen) atoms. The number of amidine groups is 1. The maximum atomic E-state index is 12.4. The maximum Gasteiger partial charge on any atom is 0.347 e. The lowest BCUT2D eigenvalue weighted by Crippen LogP contribution is -2.09. The highest BCUT2D eigenvalue weighted by Gasteiger charge is 2.24. The first-order chi connectivity index (χ1) is 10.1. The van der Waals surface area contributed by atoms with Crippen molar-refractivity contribution in [2.45, 2.75) is 4.90 Å². The summed E-state index contributed by atoms with van der Waals surface area (Å²) in [6, 6.07) is 15.6. The van der Waals surface area contributed by atoms with Gasteiger partial charge in [-0.15, -0.1) is 0 Å². The molecule has 1 atom stereocenters. The Kier molecular flexibility index (Phi) is 3.31. The third-order valence-corrected chi connectivity index (χ3v) is 4.72. The summed E-state index contributed by atoms with van der Waals surface area (Å²) in [6.45, 7) is 0. The van der Waals surface area contributed by atoms with Crippen LogP contribution in [0.3, 0.4) is 0 Å². The van der Waals surface area contributed by atoms with Crippen LogP contribution in [0.5, 0.6) is 0 Å². The smallest absolute Gasteiger partial charge is 0.306 e. The van der Waals surface area contributed by atoms with Gasteiger partial charge in [0.05, 0.1) is 14.6 Å². The van der Waals surface area contributed by atoms with Crippen molar-refractivity contribution in [3.8, 4) is 0 Å². The Morgan fingerprint density at radius 3 is 2.52 bits per heavy atom. The number of rotatable bonds is 1. The summed E-state index contributed by atoms with van der Waals surface area (Å²) < 4.78 is 16.5. The molecule has 1 unspecified atom stereocenters. The summed E-state index contributed by atoms with van der Waals surface area (Å²) in [5.41, 5.74) is 1.29. The van der Waals surface area contributed by atoms with Gasteiger partial charge in [0.25, 0.3) is 0 Å². The summed E-state index contributed by atoms with van der Waals surface area (Å²) >= 11 is 0. The van der Waals surface area contributed by atoms with E-state index in [0.717, 1.165) is 0 Å². The molecule has 0 fully saturated rings. The van der Waals surface area contributed by atoms with Crippen molar-refractivity contribution < 1.29 is 9.00 Å². The average Bonchev–Trinajstić information content (AvgIpc) is 2.72. The van der Waals surface area contributed by atoms with E-state index in [1.807, 2.05) is 18.2 Å². The van der Waals surface area contributed by atoms with Crippen LogP contribution in [0.15, 0.2) is 68.8 Å². The standard InChI is InChI=1S/C15H13N3O2S/c1-21(20)13-10-6-5-9-12(13)14(18-21)17-15(19)16-11-7-3-2-4-8-11/h2-10H,1H3,(H,16,19)/b17-14-. The summed E-state index contributed by atoms with van der Waals surface area (Å²) in [5.74, 6) is 0.214. The van der Waals surface area contributed by atoms with Crippen molar-refractivity contribution in [2.75, 3.05) is 11.6 Å². The van der Waals surface area contributed by atoms with Crippen LogP contribution in [-0.2, 0) is 9.73 Å². The number of hydrogen-bond donors (Lipinski definition) is 1. The Labute approximate surface area is 122 Å². The molecule has 0 spiro atoms. The topological polar surface area (TPSA) is 70.9 Å². The quantitative estimate of drug-likeness (QED) is 0.878. The highest BCUT2D eigenvalue weighted by molar-refractivity contribution is 7.93. The first kappa shape index (κ1) is 13.5. The second-order valence-corrected chi connectivity index (χ2v) is 6.85. The van der Waals surface area contributed by atoms with Crippen molar-refractivity contribution in [1.82, 2.24) is 0 Å². The second kappa shape index (κ2) is 5.14. The number of amides is 2. The van der Waals surface area contributed by atoms with Crippen LogP contribution in [0.1, 0.15) is 5.56 Å². The molecule has 1 N–H and O–H groups in total. The fourth-order valence-corrected chi connectivity index (χ4v) is 3.56. The number of benzene rings is 2. The molecule has 3 rings (SSSR count). The molecule has 2 amide bonds. The number of carbonyl (C=O) groups excluding carboxylic acids is 1. The van der Waals surface area contributed by atoms with E-state index in [0.29, 0.717) is 16.1 Å². The van der Waals surface area contributed by atoms with E-state index < -0.39 is 15.8 Å². The number of para-hydroxylation sites is 1. The molecule has 1 aliphatic heterocycles. The fourth-order valence-electron chi connectivity index (χ4n) is 2.09. The Hall–Kier alpha value is -2.47. The minimum Gasteiger partial charge on any atom is -0.306 e. The molecule has 1 heterocycles. The molecular formula is C15H13N3O2S. The van der Waals surface area contributed by atoms with E-state index in [1.165, 1.54) is 0 Å². The van der Waals surface area contributed by atoms with Crippen LogP contribution in [-0.4, -0.2) is 22.3 Å². The molecule has 5 nitrogen and oxygen atoms in total. The highest BCUT2D eigenvalue weighted by Crippen LogP contribution is 2.25. The lowest BCUT2D eigenvalue weighted by molar-refractivity contribution is 0.259. The van der Waals surface area contributed by atoms with Gasteiger partial charge in [0.1, 0.15) is 0 Å². The lowest BCUT2D eigenvalue weighted by atomic mass is 10.2. The monoisotopic (exact) mass is 299 g/mol.